The molecule has 1 aliphatic rings. The van der Waals surface area contributed by atoms with Gasteiger partial charge >= 0.3 is 0 Å². The highest BCUT2D eigenvalue weighted by atomic mass is 35.5. The van der Waals surface area contributed by atoms with Crippen molar-refractivity contribution in [3.8, 4) is 0 Å². The van der Waals surface area contributed by atoms with E-state index < -0.39 is 0 Å². The summed E-state index contributed by atoms with van der Waals surface area (Å²) in [5.74, 6) is 0.100. The Kier molecular flexibility index (Phi) is 7.08. The molecule has 2 unspecified atom stereocenters. The number of halogens is 2. The van der Waals surface area contributed by atoms with Gasteiger partial charge in [0.15, 0.2) is 0 Å². The van der Waals surface area contributed by atoms with Crippen LogP contribution < -0.4 is 11.1 Å². The summed E-state index contributed by atoms with van der Waals surface area (Å²) >= 11 is 0. The quantitative estimate of drug-likeness (QED) is 0.876. The molecule has 1 saturated heterocycles. The lowest BCUT2D eigenvalue weighted by atomic mass is 10.0. The molecule has 4 nitrogen and oxygen atoms in total. The zero-order chi connectivity index (χ0) is 14.5. The minimum absolute atomic E-state index is 0. The molecular formula is C15H23ClFN3O. The maximum Gasteiger partial charge on any atom is 0.225 e. The topological polar surface area (TPSA) is 58.4 Å². The molecule has 2 rings (SSSR count). The Labute approximate surface area is 131 Å². The third-order valence-corrected chi connectivity index (χ3v) is 3.82. The van der Waals surface area contributed by atoms with E-state index in [4.69, 9.17) is 5.73 Å². The van der Waals surface area contributed by atoms with Gasteiger partial charge in [-0.3, -0.25) is 4.79 Å². The maximum atomic E-state index is 13.0. The van der Waals surface area contributed by atoms with Crippen LogP contribution in [0.25, 0.3) is 0 Å². The number of rotatable bonds is 5. The van der Waals surface area contributed by atoms with Gasteiger partial charge in [0.2, 0.25) is 5.91 Å². The number of carbonyl (C=O) groups excluding carboxylic acids is 1. The van der Waals surface area contributed by atoms with E-state index in [-0.39, 0.29) is 30.2 Å². The second kappa shape index (κ2) is 8.32. The molecule has 0 radical (unpaired) electrons. The summed E-state index contributed by atoms with van der Waals surface area (Å²) in [6, 6.07) is 6.15. The van der Waals surface area contributed by atoms with E-state index in [1.807, 2.05) is 6.92 Å². The van der Waals surface area contributed by atoms with Gasteiger partial charge in [-0.15, -0.1) is 12.4 Å². The summed E-state index contributed by atoms with van der Waals surface area (Å²) in [4.78, 5) is 14.1. The summed E-state index contributed by atoms with van der Waals surface area (Å²) in [5, 5.41) is 2.71. The molecule has 3 N–H and O–H groups in total. The summed E-state index contributed by atoms with van der Waals surface area (Å²) in [6.45, 7) is 4.72. The highest BCUT2D eigenvalue weighted by molar-refractivity contribution is 5.90. The molecular weight excluding hydrogens is 293 g/mol. The van der Waals surface area contributed by atoms with E-state index in [9.17, 15) is 9.18 Å². The van der Waals surface area contributed by atoms with Crippen molar-refractivity contribution in [2.45, 2.75) is 25.8 Å². The van der Waals surface area contributed by atoms with Crippen molar-refractivity contribution in [3.63, 3.8) is 0 Å². The first-order chi connectivity index (χ1) is 9.54. The summed E-state index contributed by atoms with van der Waals surface area (Å²) in [6.07, 6.45) is 1.52. The summed E-state index contributed by atoms with van der Waals surface area (Å²) < 4.78 is 13.0. The van der Waals surface area contributed by atoms with Crippen LogP contribution in [-0.4, -0.2) is 36.5 Å². The average Bonchev–Trinajstić information content (AvgIpc) is 2.85. The minimum Gasteiger partial charge on any atom is -0.328 e. The van der Waals surface area contributed by atoms with E-state index in [1.165, 1.54) is 12.1 Å². The van der Waals surface area contributed by atoms with Crippen molar-refractivity contribution in [2.24, 2.45) is 11.7 Å². The molecule has 2 atom stereocenters. The highest BCUT2D eigenvalue weighted by Gasteiger charge is 2.25. The lowest BCUT2D eigenvalue weighted by molar-refractivity contribution is -0.116. The van der Waals surface area contributed by atoms with Crippen LogP contribution in [-0.2, 0) is 4.79 Å². The molecule has 1 aromatic rings. The number of hydrogen-bond acceptors (Lipinski definition) is 3. The van der Waals surface area contributed by atoms with Crippen LogP contribution in [0.5, 0.6) is 0 Å². The largest absolute Gasteiger partial charge is 0.328 e. The second-order valence-corrected chi connectivity index (χ2v) is 5.52. The number of anilines is 1. The van der Waals surface area contributed by atoms with E-state index >= 15 is 0 Å². The van der Waals surface area contributed by atoms with Gasteiger partial charge in [-0.1, -0.05) is 6.07 Å². The molecule has 118 valence electrons. The van der Waals surface area contributed by atoms with E-state index in [2.05, 4.69) is 10.2 Å². The van der Waals surface area contributed by atoms with Gasteiger partial charge in [-0.25, -0.2) is 4.39 Å². The van der Waals surface area contributed by atoms with Crippen molar-refractivity contribution in [2.75, 3.05) is 25.0 Å². The van der Waals surface area contributed by atoms with Crippen LogP contribution in [0.1, 0.15) is 19.8 Å². The van der Waals surface area contributed by atoms with Gasteiger partial charge in [0.25, 0.3) is 0 Å². The van der Waals surface area contributed by atoms with Gasteiger partial charge in [0.1, 0.15) is 5.82 Å². The summed E-state index contributed by atoms with van der Waals surface area (Å²) in [5.41, 5.74) is 6.40. The predicted octanol–water partition coefficient (Wildman–Crippen LogP) is 2.25. The van der Waals surface area contributed by atoms with Crippen LogP contribution in [0.2, 0.25) is 0 Å². The smallest absolute Gasteiger partial charge is 0.225 e. The average molecular weight is 316 g/mol. The fraction of sp³-hybridized carbons (Fsp3) is 0.533. The molecule has 21 heavy (non-hydrogen) atoms. The van der Waals surface area contributed by atoms with Crippen LogP contribution in [0.4, 0.5) is 10.1 Å². The fourth-order valence-electron chi connectivity index (χ4n) is 2.54. The Balaban J connectivity index is 0.00000220. The highest BCUT2D eigenvalue weighted by Crippen LogP contribution is 2.18. The Morgan fingerprint density at radius 3 is 2.95 bits per heavy atom. The first-order valence-electron chi connectivity index (χ1n) is 7.08. The Morgan fingerprint density at radius 1 is 1.57 bits per heavy atom. The number of carbonyl (C=O) groups is 1. The fourth-order valence-corrected chi connectivity index (χ4v) is 2.54. The lowest BCUT2D eigenvalue weighted by Gasteiger charge is -2.17. The summed E-state index contributed by atoms with van der Waals surface area (Å²) in [7, 11) is 0. The monoisotopic (exact) mass is 315 g/mol. The standard InChI is InChI=1S/C15H22FN3O.ClH/c1-11(17)12-5-7-19(10-12)8-6-15(20)18-14-4-2-3-13(16)9-14;/h2-4,9,11-12H,5-8,10,17H2,1H3,(H,18,20);1H. The number of nitrogens with one attached hydrogen (secondary N) is 1. The van der Waals surface area contributed by atoms with Gasteiger partial charge < -0.3 is 16.0 Å². The van der Waals surface area contributed by atoms with E-state index in [0.717, 1.165) is 26.1 Å². The predicted molar refractivity (Wildman–Crippen MR) is 85.1 cm³/mol. The number of amides is 1. The SMILES string of the molecule is CC(N)C1CCN(CCC(=O)Nc2cccc(F)c2)C1.Cl. The van der Waals surface area contributed by atoms with Crippen molar-refractivity contribution in [1.82, 2.24) is 4.90 Å². The van der Waals surface area contributed by atoms with Crippen LogP contribution in [0.3, 0.4) is 0 Å². The molecule has 6 heteroatoms. The number of nitrogens with two attached hydrogens (primary N) is 1. The molecule has 1 fully saturated rings. The van der Waals surface area contributed by atoms with Gasteiger partial charge in [0.05, 0.1) is 0 Å². The molecule has 1 amide bonds. The molecule has 1 aliphatic heterocycles. The van der Waals surface area contributed by atoms with Gasteiger partial charge in [-0.2, -0.15) is 0 Å². The number of benzene rings is 1. The molecule has 0 spiro atoms. The maximum absolute atomic E-state index is 13.0. The minimum atomic E-state index is -0.345. The van der Waals surface area contributed by atoms with Gasteiger partial charge in [-0.05, 0) is 44.0 Å². The molecule has 0 bridgehead atoms. The molecule has 1 heterocycles. The normalized spacial score (nSPS) is 19.9. The van der Waals surface area contributed by atoms with Crippen molar-refractivity contribution < 1.29 is 9.18 Å². The van der Waals surface area contributed by atoms with Crippen molar-refractivity contribution >= 4 is 24.0 Å². The Hall–Kier alpha value is -1.17. The van der Waals surface area contributed by atoms with Crippen LogP contribution in [0, 0.1) is 11.7 Å². The van der Waals surface area contributed by atoms with E-state index in [0.29, 0.717) is 18.0 Å². The molecule has 0 aromatic heterocycles. The number of likely N-dealkylation sites (tertiary alicyclic amines) is 1. The van der Waals surface area contributed by atoms with Gasteiger partial charge in [0, 0.05) is 31.2 Å². The van der Waals surface area contributed by atoms with Crippen LogP contribution >= 0.6 is 12.4 Å². The molecule has 0 saturated carbocycles. The third kappa shape index (κ3) is 5.61. The Bertz CT molecular complexity index is 470. The van der Waals surface area contributed by atoms with E-state index in [1.54, 1.807) is 12.1 Å². The Morgan fingerprint density at radius 2 is 2.33 bits per heavy atom. The second-order valence-electron chi connectivity index (χ2n) is 5.52. The number of hydrogen-bond donors (Lipinski definition) is 2. The van der Waals surface area contributed by atoms with Crippen molar-refractivity contribution in [1.29, 1.82) is 0 Å². The zero-order valence-corrected chi connectivity index (χ0v) is 13.0. The lowest BCUT2D eigenvalue weighted by Crippen LogP contribution is -2.31. The molecule has 1 aromatic carbocycles. The zero-order valence-electron chi connectivity index (χ0n) is 12.2. The first-order valence-corrected chi connectivity index (χ1v) is 7.08. The van der Waals surface area contributed by atoms with Crippen LogP contribution in [0.15, 0.2) is 24.3 Å². The van der Waals surface area contributed by atoms with Crippen molar-refractivity contribution in [3.05, 3.63) is 30.1 Å². The number of nitrogens with zero attached hydrogens (tertiary/aromatic N) is 1. The third-order valence-electron chi connectivity index (χ3n) is 3.82. The molecule has 0 aliphatic carbocycles. The first kappa shape index (κ1) is 17.9.